The average molecular weight is 198 g/mol. The minimum atomic E-state index is 0.555. The maximum atomic E-state index is 5.58. The molecule has 0 heterocycles. The molecule has 2 rings (SSSR count). The van der Waals surface area contributed by atoms with Gasteiger partial charge in [0.25, 0.3) is 0 Å². The van der Waals surface area contributed by atoms with Crippen molar-refractivity contribution in [3.8, 4) is 5.75 Å². The van der Waals surface area contributed by atoms with Gasteiger partial charge in [0.1, 0.15) is 12.4 Å². The van der Waals surface area contributed by atoms with Crippen LogP contribution in [0.25, 0.3) is 10.8 Å². The second-order valence-corrected chi connectivity index (χ2v) is 3.51. The first-order valence-corrected chi connectivity index (χ1v) is 5.05. The topological polar surface area (TPSA) is 9.23 Å². The lowest BCUT2D eigenvalue weighted by Gasteiger charge is -2.09. The van der Waals surface area contributed by atoms with Crippen molar-refractivity contribution < 1.29 is 4.74 Å². The van der Waals surface area contributed by atoms with Crippen LogP contribution in [0.3, 0.4) is 0 Å². The van der Waals surface area contributed by atoms with Crippen LogP contribution >= 0.6 is 0 Å². The predicted octanol–water partition coefficient (Wildman–Crippen LogP) is 3.71. The molecule has 15 heavy (non-hydrogen) atoms. The van der Waals surface area contributed by atoms with Crippen molar-refractivity contribution in [2.24, 2.45) is 0 Å². The van der Waals surface area contributed by atoms with Gasteiger partial charge in [-0.3, -0.25) is 0 Å². The Bertz CT molecular complexity index is 486. The van der Waals surface area contributed by atoms with Crippen molar-refractivity contribution in [1.29, 1.82) is 0 Å². The number of aryl methyl sites for hydroxylation is 1. The van der Waals surface area contributed by atoms with Gasteiger partial charge in [0.15, 0.2) is 0 Å². The first-order chi connectivity index (χ1) is 7.33. The van der Waals surface area contributed by atoms with E-state index in [9.17, 15) is 0 Å². The normalized spacial score (nSPS) is 10.2. The summed E-state index contributed by atoms with van der Waals surface area (Å²) in [5, 5.41) is 2.50. The fourth-order valence-corrected chi connectivity index (χ4v) is 1.71. The predicted molar refractivity (Wildman–Crippen MR) is 64.4 cm³/mol. The van der Waals surface area contributed by atoms with Crippen LogP contribution in [0.2, 0.25) is 0 Å². The van der Waals surface area contributed by atoms with E-state index in [-0.39, 0.29) is 0 Å². The number of ether oxygens (including phenoxy) is 1. The minimum Gasteiger partial charge on any atom is -0.489 e. The smallest absolute Gasteiger partial charge is 0.123 e. The van der Waals surface area contributed by atoms with E-state index in [2.05, 4.69) is 31.7 Å². The van der Waals surface area contributed by atoms with Gasteiger partial charge >= 0.3 is 0 Å². The first-order valence-electron chi connectivity index (χ1n) is 5.05. The maximum absolute atomic E-state index is 5.58. The van der Waals surface area contributed by atoms with Gasteiger partial charge in [-0.2, -0.15) is 0 Å². The molecule has 0 bridgehead atoms. The number of benzene rings is 2. The van der Waals surface area contributed by atoms with E-state index in [1.54, 1.807) is 6.08 Å². The molecule has 76 valence electrons. The van der Waals surface area contributed by atoms with Gasteiger partial charge in [0.05, 0.1) is 0 Å². The molecule has 2 aromatic rings. The van der Waals surface area contributed by atoms with Crippen LogP contribution in [0.15, 0.2) is 49.1 Å². The molecule has 0 aliphatic rings. The van der Waals surface area contributed by atoms with Gasteiger partial charge in [-0.15, -0.1) is 0 Å². The zero-order valence-electron chi connectivity index (χ0n) is 8.86. The third kappa shape index (κ3) is 1.86. The summed E-state index contributed by atoms with van der Waals surface area (Å²) in [6.07, 6.45) is 1.76. The Balaban J connectivity index is 2.50. The number of hydrogen-bond acceptors (Lipinski definition) is 1. The molecule has 2 aromatic carbocycles. The van der Waals surface area contributed by atoms with E-state index in [0.29, 0.717) is 6.61 Å². The van der Waals surface area contributed by atoms with Crippen molar-refractivity contribution in [1.82, 2.24) is 0 Å². The summed E-state index contributed by atoms with van der Waals surface area (Å²) >= 11 is 0. The fourth-order valence-electron chi connectivity index (χ4n) is 1.71. The molecule has 0 radical (unpaired) electrons. The zero-order chi connectivity index (χ0) is 10.7. The molecule has 0 saturated carbocycles. The number of hydrogen-bond donors (Lipinski definition) is 0. The molecule has 0 atom stereocenters. The van der Waals surface area contributed by atoms with Gasteiger partial charge in [-0.25, -0.2) is 0 Å². The summed E-state index contributed by atoms with van der Waals surface area (Å²) in [7, 11) is 0. The molecule has 0 aliphatic carbocycles. The first kappa shape index (κ1) is 9.78. The third-order valence-corrected chi connectivity index (χ3v) is 2.51. The average Bonchev–Trinajstić information content (AvgIpc) is 2.29. The van der Waals surface area contributed by atoms with Crippen LogP contribution in [-0.2, 0) is 0 Å². The van der Waals surface area contributed by atoms with E-state index >= 15 is 0 Å². The van der Waals surface area contributed by atoms with Crippen LogP contribution in [0, 0.1) is 6.92 Å². The maximum Gasteiger partial charge on any atom is 0.123 e. The van der Waals surface area contributed by atoms with Crippen LogP contribution in [0.5, 0.6) is 5.75 Å². The van der Waals surface area contributed by atoms with Crippen LogP contribution in [0.4, 0.5) is 0 Å². The molecule has 0 unspecified atom stereocenters. The van der Waals surface area contributed by atoms with E-state index in [1.165, 1.54) is 16.3 Å². The Morgan fingerprint density at radius 1 is 1.20 bits per heavy atom. The lowest BCUT2D eigenvalue weighted by atomic mass is 10.0. The van der Waals surface area contributed by atoms with Crippen LogP contribution < -0.4 is 4.74 Å². The monoisotopic (exact) mass is 198 g/mol. The highest BCUT2D eigenvalue weighted by Crippen LogP contribution is 2.26. The molecule has 0 N–H and O–H groups in total. The molecule has 0 aromatic heterocycles. The Morgan fingerprint density at radius 3 is 2.80 bits per heavy atom. The number of fused-ring (bicyclic) bond motifs is 1. The lowest BCUT2D eigenvalue weighted by molar-refractivity contribution is 0.361. The summed E-state index contributed by atoms with van der Waals surface area (Å²) in [4.78, 5) is 0. The van der Waals surface area contributed by atoms with Crippen molar-refractivity contribution in [2.75, 3.05) is 6.61 Å². The van der Waals surface area contributed by atoms with E-state index in [1.807, 2.05) is 18.2 Å². The van der Waals surface area contributed by atoms with E-state index < -0.39 is 0 Å². The standard InChI is InChI=1S/C14H14O/c1-3-10-15-14-9-8-12-6-4-5-7-13(12)11(14)2/h3-9H,1,10H2,2H3. The Morgan fingerprint density at radius 2 is 2.00 bits per heavy atom. The highest BCUT2D eigenvalue weighted by Gasteiger charge is 2.02. The summed E-state index contributed by atoms with van der Waals surface area (Å²) < 4.78 is 5.58. The molecule has 0 spiro atoms. The second-order valence-electron chi connectivity index (χ2n) is 3.51. The summed E-state index contributed by atoms with van der Waals surface area (Å²) in [5.41, 5.74) is 1.19. The van der Waals surface area contributed by atoms with Gasteiger partial charge in [-0.05, 0) is 29.3 Å². The lowest BCUT2D eigenvalue weighted by Crippen LogP contribution is -1.95. The summed E-state index contributed by atoms with van der Waals surface area (Å²) in [6.45, 7) is 6.28. The highest BCUT2D eigenvalue weighted by molar-refractivity contribution is 5.87. The van der Waals surface area contributed by atoms with Gasteiger partial charge in [0, 0.05) is 0 Å². The molecule has 0 aliphatic heterocycles. The molecule has 1 heteroatoms. The SMILES string of the molecule is C=CCOc1ccc2ccccc2c1C. The Hall–Kier alpha value is -1.76. The third-order valence-electron chi connectivity index (χ3n) is 2.51. The molecule has 1 nitrogen and oxygen atoms in total. The molecular formula is C14H14O. The zero-order valence-corrected chi connectivity index (χ0v) is 8.86. The summed E-state index contributed by atoms with van der Waals surface area (Å²) in [5.74, 6) is 0.939. The molecule has 0 fully saturated rings. The van der Waals surface area contributed by atoms with Gasteiger partial charge in [0.2, 0.25) is 0 Å². The largest absolute Gasteiger partial charge is 0.489 e. The van der Waals surface area contributed by atoms with Gasteiger partial charge in [-0.1, -0.05) is 43.0 Å². The van der Waals surface area contributed by atoms with Crippen LogP contribution in [-0.4, -0.2) is 6.61 Å². The quantitative estimate of drug-likeness (QED) is 0.683. The Labute approximate surface area is 90.0 Å². The molecule has 0 amide bonds. The summed E-state index contributed by atoms with van der Waals surface area (Å²) in [6, 6.07) is 12.4. The van der Waals surface area contributed by atoms with E-state index in [0.717, 1.165) is 5.75 Å². The van der Waals surface area contributed by atoms with E-state index in [4.69, 9.17) is 4.74 Å². The van der Waals surface area contributed by atoms with Crippen LogP contribution in [0.1, 0.15) is 5.56 Å². The second kappa shape index (κ2) is 4.18. The van der Waals surface area contributed by atoms with Gasteiger partial charge < -0.3 is 4.74 Å². The van der Waals surface area contributed by atoms with Crippen molar-refractivity contribution in [2.45, 2.75) is 6.92 Å². The molecular weight excluding hydrogens is 184 g/mol. The number of rotatable bonds is 3. The minimum absolute atomic E-state index is 0.555. The van der Waals surface area contributed by atoms with Crippen molar-refractivity contribution in [3.05, 3.63) is 54.6 Å². The molecule has 0 saturated heterocycles. The van der Waals surface area contributed by atoms with Crippen molar-refractivity contribution >= 4 is 10.8 Å². The highest BCUT2D eigenvalue weighted by atomic mass is 16.5. The Kier molecular flexibility index (Phi) is 2.72. The van der Waals surface area contributed by atoms with Crippen molar-refractivity contribution in [3.63, 3.8) is 0 Å². The fraction of sp³-hybridized carbons (Fsp3) is 0.143.